The summed E-state index contributed by atoms with van der Waals surface area (Å²) in [5.74, 6) is 0.0635. The Labute approximate surface area is 188 Å². The Morgan fingerprint density at radius 3 is 2.47 bits per heavy atom. The molecule has 0 saturated heterocycles. The number of nitrogens with one attached hydrogen (secondary N) is 2. The minimum atomic E-state index is -0.697. The van der Waals surface area contributed by atoms with E-state index in [0.717, 1.165) is 11.1 Å². The zero-order chi connectivity index (χ0) is 23.3. The molecule has 7 nitrogen and oxygen atoms in total. The molecule has 0 bridgehead atoms. The van der Waals surface area contributed by atoms with Crippen LogP contribution in [0.4, 0.5) is 0 Å². The number of hydrogen-bond donors (Lipinski definition) is 2. The fourth-order valence-electron chi connectivity index (χ4n) is 3.24. The molecule has 168 valence electrons. The third kappa shape index (κ3) is 5.97. The lowest BCUT2D eigenvalue weighted by Gasteiger charge is -2.23. The minimum Gasteiger partial charge on any atom is -0.497 e. The van der Waals surface area contributed by atoms with Crippen LogP contribution in [0.1, 0.15) is 43.6 Å². The van der Waals surface area contributed by atoms with Crippen LogP contribution in [0.5, 0.6) is 5.75 Å². The minimum absolute atomic E-state index is 0.245. The van der Waals surface area contributed by atoms with Gasteiger partial charge in [0.15, 0.2) is 0 Å². The van der Waals surface area contributed by atoms with Crippen molar-refractivity contribution in [2.24, 2.45) is 0 Å². The summed E-state index contributed by atoms with van der Waals surface area (Å²) in [6.45, 7) is 7.87. The van der Waals surface area contributed by atoms with Gasteiger partial charge in [-0.2, -0.15) is 5.10 Å². The fraction of sp³-hybridized carbons (Fsp3) is 0.320. The molecule has 0 aliphatic heterocycles. The average molecular weight is 435 g/mol. The maximum atomic E-state index is 13.2. The van der Waals surface area contributed by atoms with Crippen LogP contribution in [0, 0.1) is 0 Å². The summed E-state index contributed by atoms with van der Waals surface area (Å²) in [4.78, 5) is 25.6. The maximum absolute atomic E-state index is 13.2. The smallest absolute Gasteiger partial charge is 0.255 e. The Morgan fingerprint density at radius 2 is 1.81 bits per heavy atom. The second kappa shape index (κ2) is 9.68. The van der Waals surface area contributed by atoms with E-state index in [1.54, 1.807) is 24.9 Å². The van der Waals surface area contributed by atoms with E-state index in [9.17, 15) is 9.59 Å². The average Bonchev–Trinajstić information content (AvgIpc) is 3.17. The summed E-state index contributed by atoms with van der Waals surface area (Å²) in [5.41, 5.74) is 2.36. The van der Waals surface area contributed by atoms with Crippen molar-refractivity contribution in [2.45, 2.75) is 45.8 Å². The van der Waals surface area contributed by atoms with Crippen LogP contribution in [0.3, 0.4) is 0 Å². The van der Waals surface area contributed by atoms with Gasteiger partial charge < -0.3 is 15.4 Å². The molecule has 0 unspecified atom stereocenters. The number of ether oxygens (including phenoxy) is 1. The van der Waals surface area contributed by atoms with Crippen molar-refractivity contribution in [2.75, 3.05) is 7.11 Å². The SMILES string of the molecule is COc1cccc(-c2nn(Cc3ccccc3)cc2C(=O)N[C@@H](C)C(=O)NC(C)(C)C)c1. The van der Waals surface area contributed by atoms with E-state index in [2.05, 4.69) is 15.7 Å². The third-order valence-electron chi connectivity index (χ3n) is 4.78. The number of benzene rings is 2. The van der Waals surface area contributed by atoms with E-state index >= 15 is 0 Å². The molecule has 1 heterocycles. The van der Waals surface area contributed by atoms with Gasteiger partial charge in [0, 0.05) is 17.3 Å². The van der Waals surface area contributed by atoms with E-state index in [1.165, 1.54) is 0 Å². The monoisotopic (exact) mass is 434 g/mol. The molecule has 1 aromatic heterocycles. The number of rotatable bonds is 7. The predicted octanol–water partition coefficient (Wildman–Crippen LogP) is 3.64. The number of hydrogen-bond acceptors (Lipinski definition) is 4. The molecule has 0 saturated carbocycles. The van der Waals surface area contributed by atoms with E-state index in [0.29, 0.717) is 23.6 Å². The summed E-state index contributed by atoms with van der Waals surface area (Å²) in [6.07, 6.45) is 1.71. The van der Waals surface area contributed by atoms with Gasteiger partial charge in [0.1, 0.15) is 17.5 Å². The largest absolute Gasteiger partial charge is 0.497 e. The summed E-state index contributed by atoms with van der Waals surface area (Å²) in [6, 6.07) is 16.6. The molecule has 2 aromatic carbocycles. The van der Waals surface area contributed by atoms with Crippen LogP contribution in [-0.4, -0.2) is 40.3 Å². The highest BCUT2D eigenvalue weighted by atomic mass is 16.5. The number of nitrogens with zero attached hydrogens (tertiary/aromatic N) is 2. The highest BCUT2D eigenvalue weighted by molar-refractivity contribution is 6.02. The maximum Gasteiger partial charge on any atom is 0.255 e. The van der Waals surface area contributed by atoms with Crippen LogP contribution in [0.15, 0.2) is 60.8 Å². The molecule has 32 heavy (non-hydrogen) atoms. The first-order chi connectivity index (χ1) is 15.2. The molecule has 7 heteroatoms. The van der Waals surface area contributed by atoms with Gasteiger partial charge in [-0.25, -0.2) is 0 Å². The van der Waals surface area contributed by atoms with Crippen molar-refractivity contribution in [3.05, 3.63) is 71.9 Å². The second-order valence-electron chi connectivity index (χ2n) is 8.74. The summed E-state index contributed by atoms with van der Waals surface area (Å²) in [7, 11) is 1.59. The number of amides is 2. The first-order valence-corrected chi connectivity index (χ1v) is 10.5. The molecule has 0 aliphatic rings. The first-order valence-electron chi connectivity index (χ1n) is 10.5. The Kier molecular flexibility index (Phi) is 6.98. The van der Waals surface area contributed by atoms with Gasteiger partial charge in [-0.3, -0.25) is 14.3 Å². The van der Waals surface area contributed by atoms with Crippen molar-refractivity contribution in [1.82, 2.24) is 20.4 Å². The second-order valence-corrected chi connectivity index (χ2v) is 8.74. The predicted molar refractivity (Wildman–Crippen MR) is 125 cm³/mol. The molecule has 3 rings (SSSR count). The highest BCUT2D eigenvalue weighted by Gasteiger charge is 2.24. The van der Waals surface area contributed by atoms with Crippen LogP contribution in [0.25, 0.3) is 11.3 Å². The quantitative estimate of drug-likeness (QED) is 0.595. The van der Waals surface area contributed by atoms with Crippen molar-refractivity contribution in [3.63, 3.8) is 0 Å². The lowest BCUT2D eigenvalue weighted by molar-refractivity contribution is -0.124. The van der Waals surface area contributed by atoms with Gasteiger partial charge in [0.05, 0.1) is 19.2 Å². The Morgan fingerprint density at radius 1 is 1.09 bits per heavy atom. The molecule has 0 radical (unpaired) electrons. The summed E-state index contributed by atoms with van der Waals surface area (Å²) < 4.78 is 7.07. The molecule has 2 N–H and O–H groups in total. The van der Waals surface area contributed by atoms with Crippen molar-refractivity contribution in [3.8, 4) is 17.0 Å². The highest BCUT2D eigenvalue weighted by Crippen LogP contribution is 2.26. The standard InChI is InChI=1S/C25H30N4O3/c1-17(23(30)27-25(2,3)4)26-24(31)21-16-29(15-18-10-7-6-8-11-18)28-22(21)19-12-9-13-20(14-19)32-5/h6-14,16-17H,15H2,1-5H3,(H,26,31)(H,27,30)/t17-/m0/s1. The Hall–Kier alpha value is -3.61. The summed E-state index contributed by atoms with van der Waals surface area (Å²) in [5, 5.41) is 10.4. The van der Waals surface area contributed by atoms with E-state index < -0.39 is 6.04 Å². The van der Waals surface area contributed by atoms with Gasteiger partial charge in [0.25, 0.3) is 5.91 Å². The lowest BCUT2D eigenvalue weighted by Crippen LogP contribution is -2.50. The first kappa shape index (κ1) is 23.1. The van der Waals surface area contributed by atoms with Gasteiger partial charge in [-0.1, -0.05) is 42.5 Å². The van der Waals surface area contributed by atoms with Gasteiger partial charge >= 0.3 is 0 Å². The number of aromatic nitrogens is 2. The molecular weight excluding hydrogens is 404 g/mol. The Bertz CT molecular complexity index is 1080. The number of carbonyl (C=O) groups is 2. The molecule has 0 aliphatic carbocycles. The zero-order valence-electron chi connectivity index (χ0n) is 19.2. The van der Waals surface area contributed by atoms with E-state index in [4.69, 9.17) is 4.74 Å². The van der Waals surface area contributed by atoms with Crippen molar-refractivity contribution >= 4 is 11.8 Å². The van der Waals surface area contributed by atoms with E-state index in [-0.39, 0.29) is 17.4 Å². The fourth-order valence-corrected chi connectivity index (χ4v) is 3.24. The van der Waals surface area contributed by atoms with E-state index in [1.807, 2.05) is 75.4 Å². The van der Waals surface area contributed by atoms with Crippen molar-refractivity contribution < 1.29 is 14.3 Å². The summed E-state index contributed by atoms with van der Waals surface area (Å²) >= 11 is 0. The molecule has 3 aromatic rings. The van der Waals surface area contributed by atoms with Gasteiger partial charge in [-0.05, 0) is 45.4 Å². The van der Waals surface area contributed by atoms with Crippen LogP contribution >= 0.6 is 0 Å². The topological polar surface area (TPSA) is 85.2 Å². The molecule has 2 amide bonds. The molecular formula is C25H30N4O3. The van der Waals surface area contributed by atoms with Crippen LogP contribution in [-0.2, 0) is 11.3 Å². The number of carbonyl (C=O) groups excluding carboxylic acids is 2. The van der Waals surface area contributed by atoms with Crippen LogP contribution < -0.4 is 15.4 Å². The van der Waals surface area contributed by atoms with Crippen LogP contribution in [0.2, 0.25) is 0 Å². The van der Waals surface area contributed by atoms with Gasteiger partial charge in [0.2, 0.25) is 5.91 Å². The molecule has 0 fully saturated rings. The van der Waals surface area contributed by atoms with Crippen molar-refractivity contribution in [1.29, 1.82) is 0 Å². The Balaban J connectivity index is 1.91. The lowest BCUT2D eigenvalue weighted by atomic mass is 10.1. The molecule has 1 atom stereocenters. The number of methoxy groups -OCH3 is 1. The van der Waals surface area contributed by atoms with Gasteiger partial charge in [-0.15, -0.1) is 0 Å². The normalized spacial score (nSPS) is 12.2. The zero-order valence-corrected chi connectivity index (χ0v) is 19.2. The third-order valence-corrected chi connectivity index (χ3v) is 4.78. The molecule has 0 spiro atoms.